The lowest BCUT2D eigenvalue weighted by Gasteiger charge is -2.08. The monoisotopic (exact) mass is 301 g/mol. The topological polar surface area (TPSA) is 68.0 Å². The molecular formula is C11H9Cl2N3OS. The molecule has 1 amide bonds. The number of nitrogens with one attached hydrogen (secondary N) is 1. The van der Waals surface area contributed by atoms with Crippen LogP contribution in [0.1, 0.15) is 15.4 Å². The molecule has 7 heteroatoms. The first-order chi connectivity index (χ1) is 8.59. The maximum atomic E-state index is 11.9. The van der Waals surface area contributed by atoms with E-state index >= 15 is 0 Å². The van der Waals surface area contributed by atoms with Gasteiger partial charge < -0.3 is 11.1 Å². The summed E-state index contributed by atoms with van der Waals surface area (Å²) in [5.74, 6) is -0.307. The van der Waals surface area contributed by atoms with Crippen LogP contribution >= 0.6 is 34.5 Å². The molecule has 94 valence electrons. The summed E-state index contributed by atoms with van der Waals surface area (Å²) in [5.41, 5.74) is 6.17. The third-order valence-corrected chi connectivity index (χ3v) is 3.77. The van der Waals surface area contributed by atoms with Crippen molar-refractivity contribution < 1.29 is 4.79 Å². The number of thiazole rings is 1. The smallest absolute Gasteiger partial charge is 0.253 e. The van der Waals surface area contributed by atoms with Gasteiger partial charge in [0.2, 0.25) is 0 Å². The molecule has 4 nitrogen and oxygen atoms in total. The average Bonchev–Trinajstić information content (AvgIpc) is 2.86. The second-order valence-electron chi connectivity index (χ2n) is 3.43. The zero-order valence-electron chi connectivity index (χ0n) is 9.11. The first kappa shape index (κ1) is 13.1. The molecule has 0 saturated heterocycles. The highest BCUT2D eigenvalue weighted by Gasteiger charge is 2.14. The number of nitrogen functional groups attached to an aromatic ring is 1. The van der Waals surface area contributed by atoms with Gasteiger partial charge in [0.05, 0.1) is 27.8 Å². The Morgan fingerprint density at radius 3 is 2.89 bits per heavy atom. The van der Waals surface area contributed by atoms with Crippen LogP contribution in [0.2, 0.25) is 10.0 Å². The molecule has 0 fully saturated rings. The largest absolute Gasteiger partial charge is 0.396 e. The molecule has 18 heavy (non-hydrogen) atoms. The fourth-order valence-electron chi connectivity index (χ4n) is 1.34. The van der Waals surface area contributed by atoms with Crippen LogP contribution in [0, 0.1) is 0 Å². The number of nitrogens with two attached hydrogens (primary N) is 1. The second kappa shape index (κ2) is 5.56. The highest BCUT2D eigenvalue weighted by atomic mass is 35.5. The summed E-state index contributed by atoms with van der Waals surface area (Å²) in [6, 6.07) is 3.08. The van der Waals surface area contributed by atoms with Gasteiger partial charge in [-0.3, -0.25) is 4.79 Å². The van der Waals surface area contributed by atoms with Crippen LogP contribution < -0.4 is 11.1 Å². The van der Waals surface area contributed by atoms with Gasteiger partial charge in [-0.25, -0.2) is 4.98 Å². The van der Waals surface area contributed by atoms with E-state index in [1.54, 1.807) is 12.3 Å². The van der Waals surface area contributed by atoms with E-state index in [-0.39, 0.29) is 16.6 Å². The number of anilines is 1. The maximum Gasteiger partial charge on any atom is 0.253 e. The molecule has 1 aromatic carbocycles. The van der Waals surface area contributed by atoms with Gasteiger partial charge in [0.1, 0.15) is 5.01 Å². The highest BCUT2D eigenvalue weighted by molar-refractivity contribution is 7.09. The summed E-state index contributed by atoms with van der Waals surface area (Å²) in [6.45, 7) is 0.357. The molecule has 0 aliphatic rings. The quantitative estimate of drug-likeness (QED) is 0.857. The Balaban J connectivity index is 2.12. The van der Waals surface area contributed by atoms with E-state index in [1.165, 1.54) is 17.4 Å². The molecule has 0 saturated carbocycles. The third kappa shape index (κ3) is 2.75. The summed E-state index contributed by atoms with van der Waals surface area (Å²) in [7, 11) is 0. The lowest BCUT2D eigenvalue weighted by atomic mass is 10.2. The van der Waals surface area contributed by atoms with Crippen LogP contribution in [-0.4, -0.2) is 10.9 Å². The fraction of sp³-hybridized carbons (Fsp3) is 0.0909. The minimum absolute atomic E-state index is 0.166. The molecule has 1 aromatic heterocycles. The first-order valence-electron chi connectivity index (χ1n) is 4.99. The molecule has 0 spiro atoms. The van der Waals surface area contributed by atoms with Crippen molar-refractivity contribution in [2.24, 2.45) is 0 Å². The molecule has 1 heterocycles. The van der Waals surface area contributed by atoms with Crippen molar-refractivity contribution in [3.63, 3.8) is 0 Å². The standard InChI is InChI=1S/C11H9Cl2N3OS/c12-7-2-1-6(9(13)10(7)14)11(17)16-5-8-15-3-4-18-8/h1-4H,5,14H2,(H,16,17). The van der Waals surface area contributed by atoms with Gasteiger partial charge >= 0.3 is 0 Å². The van der Waals surface area contributed by atoms with Crippen LogP contribution in [0.15, 0.2) is 23.7 Å². The van der Waals surface area contributed by atoms with Crippen molar-refractivity contribution in [3.05, 3.63) is 44.3 Å². The Morgan fingerprint density at radius 2 is 2.22 bits per heavy atom. The summed E-state index contributed by atoms with van der Waals surface area (Å²) in [5, 5.41) is 5.87. The molecule has 0 unspecified atom stereocenters. The maximum absolute atomic E-state index is 11.9. The zero-order valence-corrected chi connectivity index (χ0v) is 11.4. The van der Waals surface area contributed by atoms with Crippen molar-refractivity contribution in [2.75, 3.05) is 5.73 Å². The number of rotatable bonds is 3. The number of nitrogens with zero attached hydrogens (tertiary/aromatic N) is 1. The Bertz CT molecular complexity index is 572. The van der Waals surface area contributed by atoms with Crippen molar-refractivity contribution in [1.82, 2.24) is 10.3 Å². The molecule has 3 N–H and O–H groups in total. The van der Waals surface area contributed by atoms with Crippen molar-refractivity contribution in [3.8, 4) is 0 Å². The van der Waals surface area contributed by atoms with E-state index < -0.39 is 0 Å². The summed E-state index contributed by atoms with van der Waals surface area (Å²) in [4.78, 5) is 16.0. The van der Waals surface area contributed by atoms with Crippen LogP contribution in [0.4, 0.5) is 5.69 Å². The van der Waals surface area contributed by atoms with E-state index in [2.05, 4.69) is 10.3 Å². The van der Waals surface area contributed by atoms with Gasteiger partial charge in [-0.1, -0.05) is 23.2 Å². The molecular weight excluding hydrogens is 293 g/mol. The van der Waals surface area contributed by atoms with Crippen LogP contribution in [0.25, 0.3) is 0 Å². The molecule has 2 aromatic rings. The predicted octanol–water partition coefficient (Wildman–Crippen LogP) is 2.96. The predicted molar refractivity (Wildman–Crippen MR) is 74.2 cm³/mol. The highest BCUT2D eigenvalue weighted by Crippen LogP contribution is 2.30. The summed E-state index contributed by atoms with van der Waals surface area (Å²) >= 11 is 13.2. The van der Waals surface area contributed by atoms with E-state index in [0.717, 1.165) is 5.01 Å². The van der Waals surface area contributed by atoms with Crippen LogP contribution in [0.3, 0.4) is 0 Å². The van der Waals surface area contributed by atoms with E-state index in [1.807, 2.05) is 5.38 Å². The van der Waals surface area contributed by atoms with E-state index in [0.29, 0.717) is 17.1 Å². The Kier molecular flexibility index (Phi) is 4.06. The number of aromatic nitrogens is 1. The zero-order chi connectivity index (χ0) is 13.1. The Morgan fingerprint density at radius 1 is 1.44 bits per heavy atom. The van der Waals surface area contributed by atoms with E-state index in [9.17, 15) is 4.79 Å². The number of benzene rings is 1. The Hall–Kier alpha value is -1.30. The molecule has 0 aliphatic heterocycles. The second-order valence-corrected chi connectivity index (χ2v) is 5.20. The lowest BCUT2D eigenvalue weighted by Crippen LogP contribution is -2.23. The molecule has 0 bridgehead atoms. The minimum Gasteiger partial charge on any atom is -0.396 e. The van der Waals surface area contributed by atoms with Crippen molar-refractivity contribution in [1.29, 1.82) is 0 Å². The summed E-state index contributed by atoms with van der Waals surface area (Å²) in [6.07, 6.45) is 1.68. The minimum atomic E-state index is -0.307. The SMILES string of the molecule is Nc1c(Cl)ccc(C(=O)NCc2nccs2)c1Cl. The molecule has 0 aliphatic carbocycles. The number of hydrogen-bond acceptors (Lipinski definition) is 4. The van der Waals surface area contributed by atoms with Gasteiger partial charge in [0.25, 0.3) is 5.91 Å². The van der Waals surface area contributed by atoms with Crippen molar-refractivity contribution in [2.45, 2.75) is 6.54 Å². The van der Waals surface area contributed by atoms with Gasteiger partial charge in [0, 0.05) is 11.6 Å². The number of hydrogen-bond donors (Lipinski definition) is 2. The number of carbonyl (C=O) groups excluding carboxylic acids is 1. The van der Waals surface area contributed by atoms with Gasteiger partial charge in [-0.2, -0.15) is 0 Å². The normalized spacial score (nSPS) is 10.3. The molecule has 0 radical (unpaired) electrons. The number of amides is 1. The van der Waals surface area contributed by atoms with Gasteiger partial charge in [-0.05, 0) is 12.1 Å². The van der Waals surface area contributed by atoms with Gasteiger partial charge in [0.15, 0.2) is 0 Å². The Labute approximate surface area is 118 Å². The lowest BCUT2D eigenvalue weighted by molar-refractivity contribution is 0.0951. The van der Waals surface area contributed by atoms with Gasteiger partial charge in [-0.15, -0.1) is 11.3 Å². The van der Waals surface area contributed by atoms with Crippen molar-refractivity contribution >= 4 is 46.1 Å². The van der Waals surface area contributed by atoms with Crippen LogP contribution in [0.5, 0.6) is 0 Å². The number of halogens is 2. The molecule has 2 rings (SSSR count). The average molecular weight is 302 g/mol. The third-order valence-electron chi connectivity index (χ3n) is 2.25. The summed E-state index contributed by atoms with van der Waals surface area (Å²) < 4.78 is 0. The first-order valence-corrected chi connectivity index (χ1v) is 6.63. The van der Waals surface area contributed by atoms with E-state index in [4.69, 9.17) is 28.9 Å². The molecule has 0 atom stereocenters. The number of carbonyl (C=O) groups is 1. The van der Waals surface area contributed by atoms with Crippen LogP contribution in [-0.2, 0) is 6.54 Å². The fourth-order valence-corrected chi connectivity index (χ4v) is 2.35.